The first-order valence-electron chi connectivity index (χ1n) is 5.36. The van der Waals surface area contributed by atoms with Gasteiger partial charge in [-0.2, -0.15) is 0 Å². The van der Waals surface area contributed by atoms with Crippen molar-refractivity contribution < 1.29 is 9.18 Å². The van der Waals surface area contributed by atoms with E-state index < -0.39 is 11.4 Å². The summed E-state index contributed by atoms with van der Waals surface area (Å²) in [6, 6.07) is 6.21. The molecular weight excluding hydrogens is 207 g/mol. The summed E-state index contributed by atoms with van der Waals surface area (Å²) in [5, 5.41) is 0. The predicted octanol–water partition coefficient (Wildman–Crippen LogP) is 1.67. The van der Waals surface area contributed by atoms with Crippen LogP contribution in [0.2, 0.25) is 0 Å². The molecular formula is C12H15FN2O. The molecule has 1 aromatic rings. The van der Waals surface area contributed by atoms with Crippen molar-refractivity contribution in [2.75, 3.05) is 11.9 Å². The molecule has 2 rings (SSSR count). The fourth-order valence-electron chi connectivity index (χ4n) is 1.94. The van der Waals surface area contributed by atoms with E-state index in [1.807, 2.05) is 0 Å². The summed E-state index contributed by atoms with van der Waals surface area (Å²) in [6.45, 7) is 0. The minimum absolute atomic E-state index is 0.205. The summed E-state index contributed by atoms with van der Waals surface area (Å²) >= 11 is 0. The van der Waals surface area contributed by atoms with Crippen molar-refractivity contribution in [1.29, 1.82) is 0 Å². The molecule has 0 aromatic heterocycles. The Hall–Kier alpha value is -1.42. The highest BCUT2D eigenvalue weighted by atomic mass is 19.1. The molecule has 0 unspecified atom stereocenters. The Balaban J connectivity index is 2.22. The number of nitrogens with zero attached hydrogens (tertiary/aromatic N) is 1. The molecule has 4 heteroatoms. The lowest BCUT2D eigenvalue weighted by Gasteiger charge is -2.39. The summed E-state index contributed by atoms with van der Waals surface area (Å²) in [4.78, 5) is 13.3. The molecule has 16 heavy (non-hydrogen) atoms. The molecule has 86 valence electrons. The fraction of sp³-hybridized carbons (Fsp3) is 0.417. The Morgan fingerprint density at radius 3 is 2.56 bits per heavy atom. The molecule has 1 saturated carbocycles. The SMILES string of the molecule is CN(C(=O)C1(N)CCC1)c1ccccc1F. The van der Waals surface area contributed by atoms with Gasteiger partial charge in [0.25, 0.3) is 0 Å². The molecule has 0 radical (unpaired) electrons. The van der Waals surface area contributed by atoms with Crippen LogP contribution in [0.15, 0.2) is 24.3 Å². The monoisotopic (exact) mass is 222 g/mol. The first kappa shape index (κ1) is 11.1. The lowest BCUT2D eigenvalue weighted by atomic mass is 9.76. The molecule has 0 heterocycles. The van der Waals surface area contributed by atoms with E-state index in [1.165, 1.54) is 11.0 Å². The van der Waals surface area contributed by atoms with Crippen molar-refractivity contribution in [2.45, 2.75) is 24.8 Å². The van der Waals surface area contributed by atoms with E-state index in [9.17, 15) is 9.18 Å². The normalized spacial score (nSPS) is 17.7. The summed E-state index contributed by atoms with van der Waals surface area (Å²) in [5.74, 6) is -0.606. The number of benzene rings is 1. The van der Waals surface area contributed by atoms with Crippen molar-refractivity contribution in [3.63, 3.8) is 0 Å². The van der Waals surface area contributed by atoms with Crippen molar-refractivity contribution in [1.82, 2.24) is 0 Å². The van der Waals surface area contributed by atoms with Gasteiger partial charge in [0.05, 0.1) is 11.2 Å². The molecule has 0 atom stereocenters. The fourth-order valence-corrected chi connectivity index (χ4v) is 1.94. The van der Waals surface area contributed by atoms with Crippen LogP contribution in [0.1, 0.15) is 19.3 Å². The molecule has 0 spiro atoms. The van der Waals surface area contributed by atoms with Gasteiger partial charge < -0.3 is 10.6 Å². The van der Waals surface area contributed by atoms with Gasteiger partial charge in [-0.15, -0.1) is 0 Å². The summed E-state index contributed by atoms with van der Waals surface area (Å²) < 4.78 is 13.5. The van der Waals surface area contributed by atoms with Crippen molar-refractivity contribution in [2.24, 2.45) is 5.73 Å². The van der Waals surface area contributed by atoms with Crippen LogP contribution in [0.3, 0.4) is 0 Å². The van der Waals surface area contributed by atoms with Crippen LogP contribution >= 0.6 is 0 Å². The van der Waals surface area contributed by atoms with E-state index in [1.54, 1.807) is 25.2 Å². The first-order chi connectivity index (χ1) is 7.54. The minimum atomic E-state index is -0.781. The second kappa shape index (κ2) is 3.87. The standard InChI is InChI=1S/C12H15FN2O/c1-15(10-6-3-2-5-9(10)13)11(16)12(14)7-4-8-12/h2-3,5-6H,4,7-8,14H2,1H3. The third kappa shape index (κ3) is 1.69. The predicted molar refractivity (Wildman–Crippen MR) is 60.6 cm³/mol. The van der Waals surface area contributed by atoms with Gasteiger partial charge in [0.1, 0.15) is 5.82 Å². The lowest BCUT2D eigenvalue weighted by Crippen LogP contribution is -2.59. The zero-order chi connectivity index (χ0) is 11.8. The Labute approximate surface area is 94.0 Å². The largest absolute Gasteiger partial charge is 0.317 e. The quantitative estimate of drug-likeness (QED) is 0.827. The highest BCUT2D eigenvalue weighted by Gasteiger charge is 2.42. The van der Waals surface area contributed by atoms with Gasteiger partial charge in [-0.1, -0.05) is 12.1 Å². The van der Waals surface area contributed by atoms with E-state index in [0.29, 0.717) is 12.8 Å². The number of amides is 1. The number of hydrogen-bond acceptors (Lipinski definition) is 2. The Morgan fingerprint density at radius 2 is 2.06 bits per heavy atom. The number of halogens is 1. The third-order valence-electron chi connectivity index (χ3n) is 3.19. The van der Waals surface area contributed by atoms with Gasteiger partial charge in [0, 0.05) is 7.05 Å². The maximum Gasteiger partial charge on any atom is 0.246 e. The van der Waals surface area contributed by atoms with Gasteiger partial charge in [-0.25, -0.2) is 4.39 Å². The molecule has 2 N–H and O–H groups in total. The Bertz CT molecular complexity index is 415. The molecule has 0 aliphatic heterocycles. The van der Waals surface area contributed by atoms with Gasteiger partial charge in [-0.3, -0.25) is 4.79 Å². The van der Waals surface area contributed by atoms with Crippen molar-refractivity contribution in [3.05, 3.63) is 30.1 Å². The number of nitrogens with two attached hydrogens (primary N) is 1. The van der Waals surface area contributed by atoms with Crippen LogP contribution in [0.4, 0.5) is 10.1 Å². The van der Waals surface area contributed by atoms with Crippen molar-refractivity contribution >= 4 is 11.6 Å². The highest BCUT2D eigenvalue weighted by molar-refractivity contribution is 6.00. The molecule has 1 aliphatic carbocycles. The zero-order valence-corrected chi connectivity index (χ0v) is 9.24. The van der Waals surface area contributed by atoms with Crippen LogP contribution in [-0.4, -0.2) is 18.5 Å². The van der Waals surface area contributed by atoms with Crippen LogP contribution in [-0.2, 0) is 4.79 Å². The number of para-hydroxylation sites is 1. The topological polar surface area (TPSA) is 46.3 Å². The maximum absolute atomic E-state index is 13.5. The van der Waals surface area contributed by atoms with Crippen LogP contribution in [0.5, 0.6) is 0 Å². The Kier molecular flexibility index (Phi) is 2.68. The second-order valence-electron chi connectivity index (χ2n) is 4.33. The maximum atomic E-state index is 13.5. The van der Waals surface area contributed by atoms with E-state index in [-0.39, 0.29) is 11.6 Å². The Morgan fingerprint density at radius 1 is 1.44 bits per heavy atom. The van der Waals surface area contributed by atoms with Crippen LogP contribution < -0.4 is 10.6 Å². The van der Waals surface area contributed by atoms with E-state index in [2.05, 4.69) is 0 Å². The lowest BCUT2D eigenvalue weighted by molar-refractivity contribution is -0.126. The third-order valence-corrected chi connectivity index (χ3v) is 3.19. The molecule has 1 aromatic carbocycles. The van der Waals surface area contributed by atoms with Gasteiger partial charge in [0.15, 0.2) is 0 Å². The van der Waals surface area contributed by atoms with Crippen molar-refractivity contribution in [3.8, 4) is 0 Å². The molecule has 1 amide bonds. The summed E-state index contributed by atoms with van der Waals surface area (Å²) in [5.41, 5.74) is 5.42. The number of carbonyl (C=O) groups is 1. The van der Waals surface area contributed by atoms with Crippen LogP contribution in [0.25, 0.3) is 0 Å². The van der Waals surface area contributed by atoms with E-state index >= 15 is 0 Å². The number of likely N-dealkylation sites (N-methyl/N-ethyl adjacent to an activating group) is 1. The second-order valence-corrected chi connectivity index (χ2v) is 4.33. The molecule has 0 saturated heterocycles. The first-order valence-corrected chi connectivity index (χ1v) is 5.36. The average molecular weight is 222 g/mol. The minimum Gasteiger partial charge on any atom is -0.317 e. The highest BCUT2D eigenvalue weighted by Crippen LogP contribution is 2.32. The molecule has 3 nitrogen and oxygen atoms in total. The van der Waals surface area contributed by atoms with Gasteiger partial charge in [0.2, 0.25) is 5.91 Å². The van der Waals surface area contributed by atoms with E-state index in [0.717, 1.165) is 6.42 Å². The van der Waals surface area contributed by atoms with Gasteiger partial charge in [-0.05, 0) is 31.4 Å². The van der Waals surface area contributed by atoms with E-state index in [4.69, 9.17) is 5.73 Å². The summed E-state index contributed by atoms with van der Waals surface area (Å²) in [7, 11) is 1.56. The molecule has 1 fully saturated rings. The van der Waals surface area contributed by atoms with Crippen LogP contribution in [0, 0.1) is 5.82 Å². The van der Waals surface area contributed by atoms with Gasteiger partial charge >= 0.3 is 0 Å². The molecule has 0 bridgehead atoms. The molecule has 1 aliphatic rings. The summed E-state index contributed by atoms with van der Waals surface area (Å²) in [6.07, 6.45) is 2.34. The average Bonchev–Trinajstić information content (AvgIpc) is 2.24. The number of rotatable bonds is 2. The number of carbonyl (C=O) groups excluding carboxylic acids is 1. The number of anilines is 1. The smallest absolute Gasteiger partial charge is 0.246 e. The number of hydrogen-bond donors (Lipinski definition) is 1. The zero-order valence-electron chi connectivity index (χ0n) is 9.24.